The van der Waals surface area contributed by atoms with Crippen LogP contribution in [0.4, 0.5) is 0 Å². The van der Waals surface area contributed by atoms with Gasteiger partial charge in [-0.05, 0) is 13.8 Å². The second-order valence-corrected chi connectivity index (χ2v) is 8.09. The Kier molecular flexibility index (Phi) is 2.56. The Bertz CT molecular complexity index is 363. The van der Waals surface area contributed by atoms with E-state index in [1.54, 1.807) is 11.8 Å². The van der Waals surface area contributed by atoms with Gasteiger partial charge < -0.3 is 4.90 Å². The van der Waals surface area contributed by atoms with Gasteiger partial charge in [0.1, 0.15) is 4.32 Å². The van der Waals surface area contributed by atoms with E-state index in [0.717, 1.165) is 4.32 Å². The molecule has 3 nitrogen and oxygen atoms in total. The molecule has 14 heavy (non-hydrogen) atoms. The summed E-state index contributed by atoms with van der Waals surface area (Å²) in [6.45, 7) is 4.11. The predicted octanol–water partition coefficient (Wildman–Crippen LogP) is 0.894. The van der Waals surface area contributed by atoms with Gasteiger partial charge in [-0.2, -0.15) is 0 Å². The van der Waals surface area contributed by atoms with Crippen molar-refractivity contribution < 1.29 is 8.42 Å². The van der Waals surface area contributed by atoms with Crippen molar-refractivity contribution in [1.82, 2.24) is 4.90 Å². The zero-order chi connectivity index (χ0) is 10.5. The molecule has 2 rings (SSSR count). The molecule has 0 amide bonds. The van der Waals surface area contributed by atoms with E-state index in [9.17, 15) is 8.42 Å². The molecular formula is C8H13NO2S3. The molecule has 0 spiro atoms. The second kappa shape index (κ2) is 3.35. The molecule has 6 heteroatoms. The molecular weight excluding hydrogens is 238 g/mol. The molecule has 0 aromatic heterocycles. The van der Waals surface area contributed by atoms with Gasteiger partial charge in [-0.3, -0.25) is 0 Å². The lowest BCUT2D eigenvalue weighted by atomic mass is 10.2. The standard InChI is InChI=1S/C8H13NO2S3/c1-5(2)9-6-3-14(10,11)4-7(6)13-8(9)12/h5-7H,3-4H2,1-2H3/t6-,7+/m0/s1. The minimum absolute atomic E-state index is 0.123. The Morgan fingerprint density at radius 3 is 2.71 bits per heavy atom. The van der Waals surface area contributed by atoms with Crippen molar-refractivity contribution in [1.29, 1.82) is 0 Å². The van der Waals surface area contributed by atoms with Crippen LogP contribution >= 0.6 is 24.0 Å². The summed E-state index contributed by atoms with van der Waals surface area (Å²) >= 11 is 6.79. The van der Waals surface area contributed by atoms with E-state index < -0.39 is 9.84 Å². The summed E-state index contributed by atoms with van der Waals surface area (Å²) in [7, 11) is -2.82. The van der Waals surface area contributed by atoms with Gasteiger partial charge >= 0.3 is 0 Å². The zero-order valence-corrected chi connectivity index (χ0v) is 10.6. The van der Waals surface area contributed by atoms with E-state index in [1.165, 1.54) is 0 Å². The summed E-state index contributed by atoms with van der Waals surface area (Å²) in [6, 6.07) is 0.427. The summed E-state index contributed by atoms with van der Waals surface area (Å²) in [5.74, 6) is 0.578. The maximum atomic E-state index is 11.4. The number of sulfone groups is 1. The summed E-state index contributed by atoms with van der Waals surface area (Å²) in [5.41, 5.74) is 0. The fraction of sp³-hybridized carbons (Fsp3) is 0.875. The summed E-state index contributed by atoms with van der Waals surface area (Å²) in [4.78, 5) is 2.08. The van der Waals surface area contributed by atoms with Gasteiger partial charge in [0.2, 0.25) is 0 Å². The summed E-state index contributed by atoms with van der Waals surface area (Å²) in [6.07, 6.45) is 0. The highest BCUT2D eigenvalue weighted by atomic mass is 32.2. The molecule has 2 heterocycles. The summed E-state index contributed by atoms with van der Waals surface area (Å²) < 4.78 is 23.7. The molecule has 2 aliphatic rings. The fourth-order valence-corrected chi connectivity index (χ4v) is 6.70. The highest BCUT2D eigenvalue weighted by molar-refractivity contribution is 8.24. The Balaban J connectivity index is 2.26. The van der Waals surface area contributed by atoms with Crippen LogP contribution in [0.5, 0.6) is 0 Å². The van der Waals surface area contributed by atoms with Crippen molar-refractivity contribution in [2.24, 2.45) is 0 Å². The minimum Gasteiger partial charge on any atom is -0.350 e. The molecule has 0 bridgehead atoms. The third-order valence-electron chi connectivity index (χ3n) is 2.65. The van der Waals surface area contributed by atoms with E-state index in [2.05, 4.69) is 18.7 Å². The number of rotatable bonds is 1. The molecule has 80 valence electrons. The largest absolute Gasteiger partial charge is 0.350 e. The number of thioether (sulfide) groups is 1. The molecule has 0 saturated carbocycles. The van der Waals surface area contributed by atoms with E-state index >= 15 is 0 Å². The van der Waals surface area contributed by atoms with Crippen molar-refractivity contribution >= 4 is 38.1 Å². The molecule has 0 aliphatic carbocycles. The van der Waals surface area contributed by atoms with Crippen molar-refractivity contribution in [2.45, 2.75) is 31.2 Å². The fourth-order valence-electron chi connectivity index (χ4n) is 2.09. The first-order valence-corrected chi connectivity index (χ1v) is 7.71. The van der Waals surface area contributed by atoms with Crippen LogP contribution in [-0.4, -0.2) is 46.5 Å². The lowest BCUT2D eigenvalue weighted by molar-refractivity contribution is 0.304. The number of hydrogen-bond donors (Lipinski definition) is 0. The first kappa shape index (κ1) is 10.7. The zero-order valence-electron chi connectivity index (χ0n) is 8.13. The predicted molar refractivity (Wildman–Crippen MR) is 63.4 cm³/mol. The first-order valence-electron chi connectivity index (χ1n) is 4.60. The second-order valence-electron chi connectivity index (χ2n) is 4.07. The average molecular weight is 251 g/mol. The van der Waals surface area contributed by atoms with Gasteiger partial charge in [-0.25, -0.2) is 8.42 Å². The Labute approximate surface area is 94.1 Å². The molecule has 0 aromatic carbocycles. The number of nitrogens with zero attached hydrogens (tertiary/aromatic N) is 1. The lowest BCUT2D eigenvalue weighted by Gasteiger charge is -2.27. The Hall–Kier alpha value is 0.190. The van der Waals surface area contributed by atoms with Gasteiger partial charge in [0.25, 0.3) is 0 Å². The normalized spacial score (nSPS) is 35.4. The maximum absolute atomic E-state index is 11.4. The van der Waals surface area contributed by atoms with E-state index in [0.29, 0.717) is 11.8 Å². The molecule has 2 saturated heterocycles. The topological polar surface area (TPSA) is 37.4 Å². The minimum atomic E-state index is -2.82. The molecule has 2 fully saturated rings. The van der Waals surface area contributed by atoms with Gasteiger partial charge in [0.05, 0.1) is 17.5 Å². The number of hydrogen-bond acceptors (Lipinski definition) is 4. The van der Waals surface area contributed by atoms with E-state index in [-0.39, 0.29) is 17.0 Å². The average Bonchev–Trinajstić information content (AvgIpc) is 2.37. The molecule has 2 aliphatic heterocycles. The number of fused-ring (bicyclic) bond motifs is 1. The van der Waals surface area contributed by atoms with Crippen molar-refractivity contribution in [3.63, 3.8) is 0 Å². The highest BCUT2D eigenvalue weighted by Crippen LogP contribution is 2.39. The third kappa shape index (κ3) is 1.67. The maximum Gasteiger partial charge on any atom is 0.153 e. The van der Waals surface area contributed by atoms with Crippen molar-refractivity contribution in [3.8, 4) is 0 Å². The quantitative estimate of drug-likeness (QED) is 0.647. The molecule has 0 radical (unpaired) electrons. The van der Waals surface area contributed by atoms with E-state index in [1.807, 2.05) is 0 Å². The van der Waals surface area contributed by atoms with Crippen molar-refractivity contribution in [2.75, 3.05) is 11.5 Å². The van der Waals surface area contributed by atoms with Crippen LogP contribution < -0.4 is 0 Å². The molecule has 2 atom stereocenters. The van der Waals surface area contributed by atoms with Crippen LogP contribution in [-0.2, 0) is 9.84 Å². The number of thiocarbonyl (C=S) groups is 1. The monoisotopic (exact) mass is 251 g/mol. The first-order chi connectivity index (χ1) is 6.41. The van der Waals surface area contributed by atoms with Crippen molar-refractivity contribution in [3.05, 3.63) is 0 Å². The van der Waals surface area contributed by atoms with Gasteiger partial charge in [-0.15, -0.1) is 0 Å². The van der Waals surface area contributed by atoms with Crippen LogP contribution in [0.15, 0.2) is 0 Å². The van der Waals surface area contributed by atoms with Crippen LogP contribution in [0.25, 0.3) is 0 Å². The van der Waals surface area contributed by atoms with Crippen LogP contribution in [0.1, 0.15) is 13.8 Å². The van der Waals surface area contributed by atoms with E-state index in [4.69, 9.17) is 12.2 Å². The molecule has 0 aromatic rings. The smallest absolute Gasteiger partial charge is 0.153 e. The Morgan fingerprint density at radius 2 is 2.14 bits per heavy atom. The lowest BCUT2D eigenvalue weighted by Crippen LogP contribution is -2.41. The van der Waals surface area contributed by atoms with Gasteiger partial charge in [-0.1, -0.05) is 24.0 Å². The highest BCUT2D eigenvalue weighted by Gasteiger charge is 2.48. The SMILES string of the molecule is CC(C)N1C(=S)S[C@@H]2CS(=O)(=O)C[C@@H]21. The van der Waals surface area contributed by atoms with Gasteiger partial charge in [0.15, 0.2) is 9.84 Å². The van der Waals surface area contributed by atoms with Crippen LogP contribution in [0.3, 0.4) is 0 Å². The molecule has 0 N–H and O–H groups in total. The van der Waals surface area contributed by atoms with Crippen LogP contribution in [0.2, 0.25) is 0 Å². The molecule has 0 unspecified atom stereocenters. The third-order valence-corrected chi connectivity index (χ3v) is 6.27. The Morgan fingerprint density at radius 1 is 1.50 bits per heavy atom. The summed E-state index contributed by atoms with van der Waals surface area (Å²) in [5, 5.41) is 0.176. The van der Waals surface area contributed by atoms with Crippen LogP contribution in [0, 0.1) is 0 Å². The van der Waals surface area contributed by atoms with Gasteiger partial charge in [0, 0.05) is 11.3 Å².